The van der Waals surface area contributed by atoms with E-state index in [2.05, 4.69) is 0 Å². The molecule has 1 unspecified atom stereocenters. The van der Waals surface area contributed by atoms with Crippen LogP contribution in [0.2, 0.25) is 5.22 Å². The van der Waals surface area contributed by atoms with Gasteiger partial charge in [0, 0.05) is 22.9 Å². The second-order valence-corrected chi connectivity index (χ2v) is 8.63. The first-order chi connectivity index (χ1) is 13.0. The Hall–Kier alpha value is -2.28. The molecule has 3 rings (SSSR count). The number of carbonyl (C=O) groups excluding carboxylic acids is 2. The van der Waals surface area contributed by atoms with Gasteiger partial charge < -0.3 is 19.8 Å². The van der Waals surface area contributed by atoms with Crippen LogP contribution in [0.5, 0.6) is 0 Å². The largest absolute Gasteiger partial charge is 0.444 e. The number of primary amides is 1. The molecule has 2 aromatic rings. The summed E-state index contributed by atoms with van der Waals surface area (Å²) >= 11 is 6.03. The number of furan rings is 1. The van der Waals surface area contributed by atoms with E-state index in [9.17, 15) is 14.0 Å². The predicted octanol–water partition coefficient (Wildman–Crippen LogP) is 4.46. The third kappa shape index (κ3) is 3.81. The van der Waals surface area contributed by atoms with Crippen molar-refractivity contribution in [3.8, 4) is 0 Å². The van der Waals surface area contributed by atoms with Gasteiger partial charge in [0.15, 0.2) is 5.22 Å². The van der Waals surface area contributed by atoms with Crippen LogP contribution in [-0.2, 0) is 4.74 Å². The molecule has 1 aromatic heterocycles. The number of hydrogen-bond acceptors (Lipinski definition) is 4. The molecule has 0 spiro atoms. The molecule has 0 aliphatic carbocycles. The van der Waals surface area contributed by atoms with Crippen LogP contribution in [0.1, 0.15) is 43.1 Å². The molecule has 3 atom stereocenters. The molecule has 1 fully saturated rings. The third-order valence-electron chi connectivity index (χ3n) is 5.11. The van der Waals surface area contributed by atoms with Crippen molar-refractivity contribution in [3.05, 3.63) is 34.5 Å². The maximum absolute atomic E-state index is 14.4. The van der Waals surface area contributed by atoms with Crippen LogP contribution < -0.4 is 5.73 Å². The Morgan fingerprint density at radius 3 is 2.64 bits per heavy atom. The van der Waals surface area contributed by atoms with E-state index < -0.39 is 29.8 Å². The van der Waals surface area contributed by atoms with Gasteiger partial charge in [0.2, 0.25) is 0 Å². The van der Waals surface area contributed by atoms with Crippen molar-refractivity contribution in [1.82, 2.24) is 4.90 Å². The van der Waals surface area contributed by atoms with Gasteiger partial charge in [0.25, 0.3) is 5.91 Å². The topological polar surface area (TPSA) is 85.8 Å². The molecule has 1 aliphatic heterocycles. The van der Waals surface area contributed by atoms with E-state index in [1.54, 1.807) is 18.2 Å². The summed E-state index contributed by atoms with van der Waals surface area (Å²) in [6.45, 7) is 7.47. The molecule has 0 bridgehead atoms. The quantitative estimate of drug-likeness (QED) is 0.792. The maximum Gasteiger partial charge on any atom is 0.404 e. The van der Waals surface area contributed by atoms with Gasteiger partial charge in [0.1, 0.15) is 17.9 Å². The fourth-order valence-electron chi connectivity index (χ4n) is 3.97. The van der Waals surface area contributed by atoms with E-state index in [4.69, 9.17) is 26.5 Å². The second-order valence-electron chi connectivity index (χ2n) is 8.29. The number of nitrogens with two attached hydrogens (primary N) is 1. The van der Waals surface area contributed by atoms with E-state index >= 15 is 0 Å². The Bertz CT molecular complexity index is 921. The number of carbonyl (C=O) groups is 2. The van der Waals surface area contributed by atoms with Gasteiger partial charge >= 0.3 is 6.09 Å². The first-order valence-electron chi connectivity index (χ1n) is 9.09. The Morgan fingerprint density at radius 2 is 2.04 bits per heavy atom. The van der Waals surface area contributed by atoms with Gasteiger partial charge in [-0.3, -0.25) is 4.79 Å². The van der Waals surface area contributed by atoms with Crippen molar-refractivity contribution in [2.45, 2.75) is 52.4 Å². The Kier molecular flexibility index (Phi) is 5.32. The molecule has 2 N–H and O–H groups in total. The summed E-state index contributed by atoms with van der Waals surface area (Å²) in [6.07, 6.45) is -3.13. The molecule has 8 heteroatoms. The lowest BCUT2D eigenvalue weighted by molar-refractivity contribution is -0.0570. The lowest BCUT2D eigenvalue weighted by Gasteiger charge is -2.47. The molecular weight excluding hydrogens is 387 g/mol. The highest BCUT2D eigenvalue weighted by atomic mass is 35.5. The van der Waals surface area contributed by atoms with Crippen LogP contribution in [-0.4, -0.2) is 41.8 Å². The molecule has 1 saturated heterocycles. The summed E-state index contributed by atoms with van der Waals surface area (Å²) in [6, 6.07) is 4.49. The summed E-state index contributed by atoms with van der Waals surface area (Å²) in [5.41, 5.74) is 6.33. The highest BCUT2D eigenvalue weighted by molar-refractivity contribution is 6.30. The number of likely N-dealkylation sites (tertiary alicyclic amines) is 1. The normalized spacial score (nSPS) is 23.1. The Balaban J connectivity index is 2.00. The number of amides is 2. The molecule has 0 saturated carbocycles. The number of fused-ring (bicyclic) bond motifs is 1. The Morgan fingerprint density at radius 1 is 1.36 bits per heavy atom. The number of aryl methyl sites for hydroxylation is 1. The zero-order valence-corrected chi connectivity index (χ0v) is 17.0. The zero-order chi connectivity index (χ0) is 20.8. The molecule has 1 aromatic carbocycles. The number of hydrogen-bond donors (Lipinski definition) is 1. The van der Waals surface area contributed by atoms with Crippen LogP contribution in [0.4, 0.5) is 9.18 Å². The van der Waals surface area contributed by atoms with E-state index in [0.717, 1.165) is 10.9 Å². The molecular formula is C20H24ClFN2O4. The molecule has 2 amide bonds. The maximum atomic E-state index is 14.4. The number of halogens is 2. The molecule has 152 valence electrons. The molecule has 0 radical (unpaired) electrons. The van der Waals surface area contributed by atoms with Gasteiger partial charge in [-0.15, -0.1) is 0 Å². The first-order valence-corrected chi connectivity index (χ1v) is 9.46. The van der Waals surface area contributed by atoms with Crippen LogP contribution in [0, 0.1) is 12.3 Å². The zero-order valence-electron chi connectivity index (χ0n) is 16.3. The highest BCUT2D eigenvalue weighted by Gasteiger charge is 2.46. The summed E-state index contributed by atoms with van der Waals surface area (Å²) in [4.78, 5) is 26.0. The van der Waals surface area contributed by atoms with Gasteiger partial charge in [-0.25, -0.2) is 9.18 Å². The van der Waals surface area contributed by atoms with E-state index in [1.165, 1.54) is 4.90 Å². The third-order valence-corrected chi connectivity index (χ3v) is 5.47. The Labute approximate surface area is 167 Å². The van der Waals surface area contributed by atoms with E-state index in [0.29, 0.717) is 11.1 Å². The predicted molar refractivity (Wildman–Crippen MR) is 104 cm³/mol. The number of nitrogens with zero attached hydrogens (tertiary/aromatic N) is 1. The highest BCUT2D eigenvalue weighted by Crippen LogP contribution is 2.36. The van der Waals surface area contributed by atoms with Crippen molar-refractivity contribution in [2.75, 3.05) is 6.54 Å². The van der Waals surface area contributed by atoms with Gasteiger partial charge in [-0.05, 0) is 36.1 Å². The first kappa shape index (κ1) is 20.5. The van der Waals surface area contributed by atoms with Crippen molar-refractivity contribution >= 4 is 34.6 Å². The van der Waals surface area contributed by atoms with Gasteiger partial charge in [-0.1, -0.05) is 26.8 Å². The average molecular weight is 411 g/mol. The van der Waals surface area contributed by atoms with E-state index in [1.807, 2.05) is 27.7 Å². The number of rotatable bonds is 2. The summed E-state index contributed by atoms with van der Waals surface area (Å²) < 4.78 is 25.1. The summed E-state index contributed by atoms with van der Waals surface area (Å²) in [5.74, 6) is -0.368. The van der Waals surface area contributed by atoms with Crippen LogP contribution in [0.15, 0.2) is 22.6 Å². The second kappa shape index (κ2) is 7.28. The monoisotopic (exact) mass is 410 g/mol. The summed E-state index contributed by atoms with van der Waals surface area (Å²) in [7, 11) is 0. The van der Waals surface area contributed by atoms with Crippen molar-refractivity contribution in [2.24, 2.45) is 11.1 Å². The SMILES string of the molecule is Cc1c(Cl)oc2cc(C(=O)N3C[C@H](F)C[C@@H](OC(N)=O)C3C(C)(C)C)ccc12. The molecule has 1 aliphatic rings. The minimum atomic E-state index is -1.32. The van der Waals surface area contributed by atoms with E-state index in [-0.39, 0.29) is 24.1 Å². The van der Waals surface area contributed by atoms with Gasteiger partial charge in [0.05, 0.1) is 12.6 Å². The fraction of sp³-hybridized carbons (Fsp3) is 0.500. The lowest BCUT2D eigenvalue weighted by atomic mass is 9.78. The molecule has 28 heavy (non-hydrogen) atoms. The minimum absolute atomic E-state index is 0.000673. The van der Waals surface area contributed by atoms with Crippen LogP contribution >= 0.6 is 11.6 Å². The standard InChI is InChI=1S/C20H24ClFN2O4/c1-10-13-6-5-11(7-14(13)27-17(10)21)18(25)24-9-12(22)8-15(28-19(23)26)16(24)20(2,3)4/h5-7,12,15-16H,8-9H2,1-4H3,(H2,23,26)/t12-,15-,16?/m1/s1. The number of benzene rings is 1. The van der Waals surface area contributed by atoms with Gasteiger partial charge in [-0.2, -0.15) is 0 Å². The van der Waals surface area contributed by atoms with Crippen molar-refractivity contribution < 1.29 is 23.1 Å². The number of ether oxygens (including phenoxy) is 1. The minimum Gasteiger partial charge on any atom is -0.444 e. The molecule has 6 nitrogen and oxygen atoms in total. The molecule has 2 heterocycles. The van der Waals surface area contributed by atoms with Crippen molar-refractivity contribution in [3.63, 3.8) is 0 Å². The number of alkyl halides is 1. The van der Waals surface area contributed by atoms with Crippen molar-refractivity contribution in [1.29, 1.82) is 0 Å². The average Bonchev–Trinajstić information content (AvgIpc) is 2.85. The lowest BCUT2D eigenvalue weighted by Crippen LogP contribution is -2.61. The summed E-state index contributed by atoms with van der Waals surface area (Å²) in [5, 5.41) is 1.08. The number of piperidine rings is 1. The van der Waals surface area contributed by atoms with Crippen LogP contribution in [0.25, 0.3) is 11.0 Å². The van der Waals surface area contributed by atoms with Crippen LogP contribution in [0.3, 0.4) is 0 Å². The smallest absolute Gasteiger partial charge is 0.404 e. The fourth-order valence-corrected chi connectivity index (χ4v) is 4.16.